The van der Waals surface area contributed by atoms with E-state index >= 15 is 0 Å². The van der Waals surface area contributed by atoms with Gasteiger partial charge in [-0.1, -0.05) is 12.1 Å². The molecular weight excluding hydrogens is 342 g/mol. The zero-order chi connectivity index (χ0) is 14.5. The first-order valence-corrected chi connectivity index (χ1v) is 7.26. The van der Waals surface area contributed by atoms with E-state index in [2.05, 4.69) is 21.2 Å². The van der Waals surface area contributed by atoms with Gasteiger partial charge in [-0.25, -0.2) is 0 Å². The van der Waals surface area contributed by atoms with E-state index in [0.29, 0.717) is 22.9 Å². The third-order valence-corrected chi connectivity index (χ3v) is 3.74. The fraction of sp³-hybridized carbons (Fsp3) is 0.133. The summed E-state index contributed by atoms with van der Waals surface area (Å²) < 4.78 is 6.03. The van der Waals surface area contributed by atoms with Crippen molar-refractivity contribution in [3.8, 4) is 5.75 Å². The summed E-state index contributed by atoms with van der Waals surface area (Å²) in [5.74, 6) is 0.932. The third-order valence-electron chi connectivity index (χ3n) is 2.78. The van der Waals surface area contributed by atoms with Crippen LogP contribution in [0.5, 0.6) is 5.75 Å². The average molecular weight is 355 g/mol. The Morgan fingerprint density at radius 2 is 1.95 bits per heavy atom. The molecule has 0 unspecified atom stereocenters. The molecule has 20 heavy (non-hydrogen) atoms. The summed E-state index contributed by atoms with van der Waals surface area (Å²) in [4.78, 5) is 12.1. The van der Waals surface area contributed by atoms with E-state index in [9.17, 15) is 4.79 Å². The number of amides is 1. The van der Waals surface area contributed by atoms with Gasteiger partial charge in [-0.15, -0.1) is 11.6 Å². The molecule has 2 aromatic rings. The molecule has 0 aliphatic rings. The van der Waals surface area contributed by atoms with Gasteiger partial charge < -0.3 is 10.1 Å². The summed E-state index contributed by atoms with van der Waals surface area (Å²) in [5, 5.41) is 2.82. The molecule has 0 aliphatic heterocycles. The Balaban J connectivity index is 2.14. The second kappa shape index (κ2) is 6.77. The van der Waals surface area contributed by atoms with Gasteiger partial charge in [-0.2, -0.15) is 0 Å². The van der Waals surface area contributed by atoms with Crippen LogP contribution in [0.25, 0.3) is 0 Å². The lowest BCUT2D eigenvalue weighted by atomic mass is 10.1. The number of hydrogen-bond acceptors (Lipinski definition) is 2. The number of hydrogen-bond donors (Lipinski definition) is 1. The molecule has 3 nitrogen and oxygen atoms in total. The highest BCUT2D eigenvalue weighted by Crippen LogP contribution is 2.28. The Labute approximate surface area is 131 Å². The van der Waals surface area contributed by atoms with Crippen molar-refractivity contribution in [2.24, 2.45) is 0 Å². The Kier molecular flexibility index (Phi) is 5.04. The number of rotatable bonds is 4. The summed E-state index contributed by atoms with van der Waals surface area (Å²) in [5.41, 5.74) is 2.24. The van der Waals surface area contributed by atoms with Gasteiger partial charge in [0.1, 0.15) is 5.75 Å². The largest absolute Gasteiger partial charge is 0.495 e. The van der Waals surface area contributed by atoms with Gasteiger partial charge >= 0.3 is 0 Å². The fourth-order valence-corrected chi connectivity index (χ4v) is 2.27. The molecule has 104 valence electrons. The number of nitrogens with one attached hydrogen (secondary N) is 1. The first-order chi connectivity index (χ1) is 9.63. The quantitative estimate of drug-likeness (QED) is 0.824. The van der Waals surface area contributed by atoms with Crippen LogP contribution in [-0.2, 0) is 5.88 Å². The molecule has 1 amide bonds. The molecule has 0 saturated heterocycles. The van der Waals surface area contributed by atoms with Crippen LogP contribution in [-0.4, -0.2) is 13.0 Å². The zero-order valence-corrected chi connectivity index (χ0v) is 13.2. The van der Waals surface area contributed by atoms with Gasteiger partial charge in [-0.05, 0) is 45.8 Å². The number of halogens is 2. The van der Waals surface area contributed by atoms with Crippen LogP contribution >= 0.6 is 27.5 Å². The summed E-state index contributed by atoms with van der Waals surface area (Å²) >= 11 is 9.09. The monoisotopic (exact) mass is 353 g/mol. The van der Waals surface area contributed by atoms with E-state index in [1.54, 1.807) is 31.4 Å². The van der Waals surface area contributed by atoms with Crippen molar-refractivity contribution < 1.29 is 9.53 Å². The van der Waals surface area contributed by atoms with Gasteiger partial charge in [0, 0.05) is 23.2 Å². The molecule has 5 heteroatoms. The van der Waals surface area contributed by atoms with Crippen LogP contribution in [0, 0.1) is 0 Å². The summed E-state index contributed by atoms with van der Waals surface area (Å²) in [6.07, 6.45) is 0. The minimum absolute atomic E-state index is 0.171. The Morgan fingerprint density at radius 3 is 2.55 bits per heavy atom. The predicted octanol–water partition coefficient (Wildman–Crippen LogP) is 4.45. The van der Waals surface area contributed by atoms with Crippen LogP contribution in [0.1, 0.15) is 15.9 Å². The SMILES string of the molecule is COc1cc(NC(=O)c2ccc(CCl)cc2)ccc1Br. The van der Waals surface area contributed by atoms with Crippen LogP contribution in [0.2, 0.25) is 0 Å². The number of benzene rings is 2. The number of carbonyl (C=O) groups excluding carboxylic acids is 1. The molecule has 0 fully saturated rings. The molecule has 0 saturated carbocycles. The highest BCUT2D eigenvalue weighted by atomic mass is 79.9. The van der Waals surface area contributed by atoms with Gasteiger partial charge in [0.25, 0.3) is 5.91 Å². The molecule has 0 radical (unpaired) electrons. The fourth-order valence-electron chi connectivity index (χ4n) is 1.69. The van der Waals surface area contributed by atoms with Crippen LogP contribution in [0.3, 0.4) is 0 Å². The third kappa shape index (κ3) is 3.52. The van der Waals surface area contributed by atoms with E-state index in [1.807, 2.05) is 18.2 Å². The van der Waals surface area contributed by atoms with Crippen molar-refractivity contribution in [3.05, 3.63) is 58.1 Å². The van der Waals surface area contributed by atoms with Crippen molar-refractivity contribution >= 4 is 39.1 Å². The van der Waals surface area contributed by atoms with Gasteiger partial charge in [0.2, 0.25) is 0 Å². The molecule has 0 heterocycles. The van der Waals surface area contributed by atoms with E-state index in [0.717, 1.165) is 10.0 Å². The lowest BCUT2D eigenvalue weighted by Gasteiger charge is -2.09. The first-order valence-electron chi connectivity index (χ1n) is 5.94. The molecule has 2 rings (SSSR count). The smallest absolute Gasteiger partial charge is 0.255 e. The van der Waals surface area contributed by atoms with Crippen molar-refractivity contribution in [1.29, 1.82) is 0 Å². The second-order valence-electron chi connectivity index (χ2n) is 4.13. The maximum atomic E-state index is 12.1. The highest BCUT2D eigenvalue weighted by molar-refractivity contribution is 9.10. The van der Waals surface area contributed by atoms with Crippen molar-refractivity contribution in [3.63, 3.8) is 0 Å². The van der Waals surface area contributed by atoms with E-state index in [1.165, 1.54) is 0 Å². The summed E-state index contributed by atoms with van der Waals surface area (Å²) in [7, 11) is 1.58. The van der Waals surface area contributed by atoms with Crippen LogP contribution < -0.4 is 10.1 Å². The molecule has 1 N–H and O–H groups in total. The van der Waals surface area contributed by atoms with E-state index < -0.39 is 0 Å². The first kappa shape index (κ1) is 14.9. The van der Waals surface area contributed by atoms with Gasteiger partial charge in [0.15, 0.2) is 0 Å². The average Bonchev–Trinajstić information content (AvgIpc) is 2.49. The number of ether oxygens (including phenoxy) is 1. The van der Waals surface area contributed by atoms with Crippen molar-refractivity contribution in [2.45, 2.75) is 5.88 Å². The van der Waals surface area contributed by atoms with Crippen molar-refractivity contribution in [1.82, 2.24) is 0 Å². The number of methoxy groups -OCH3 is 1. The lowest BCUT2D eigenvalue weighted by Crippen LogP contribution is -2.11. The lowest BCUT2D eigenvalue weighted by molar-refractivity contribution is 0.102. The minimum Gasteiger partial charge on any atom is -0.495 e. The summed E-state index contributed by atoms with van der Waals surface area (Å²) in [6, 6.07) is 12.6. The topological polar surface area (TPSA) is 38.3 Å². The maximum Gasteiger partial charge on any atom is 0.255 e. The summed E-state index contributed by atoms with van der Waals surface area (Å²) in [6.45, 7) is 0. The zero-order valence-electron chi connectivity index (χ0n) is 10.8. The second-order valence-corrected chi connectivity index (χ2v) is 5.26. The molecular formula is C15H13BrClNO2. The molecule has 0 bridgehead atoms. The normalized spacial score (nSPS) is 10.2. The molecule has 0 aromatic heterocycles. The van der Waals surface area contributed by atoms with Gasteiger partial charge in [0.05, 0.1) is 11.6 Å². The molecule has 0 spiro atoms. The number of carbonyl (C=O) groups is 1. The Bertz CT molecular complexity index is 614. The predicted molar refractivity (Wildman–Crippen MR) is 84.6 cm³/mol. The molecule has 0 atom stereocenters. The van der Waals surface area contributed by atoms with Crippen LogP contribution in [0.4, 0.5) is 5.69 Å². The standard InChI is InChI=1S/C15H13BrClNO2/c1-20-14-8-12(6-7-13(14)16)18-15(19)11-4-2-10(9-17)3-5-11/h2-8H,9H2,1H3,(H,18,19). The van der Waals surface area contributed by atoms with Gasteiger partial charge in [-0.3, -0.25) is 4.79 Å². The Hall–Kier alpha value is -1.52. The van der Waals surface area contributed by atoms with E-state index in [4.69, 9.17) is 16.3 Å². The number of anilines is 1. The van der Waals surface area contributed by atoms with E-state index in [-0.39, 0.29) is 5.91 Å². The number of alkyl halides is 1. The molecule has 2 aromatic carbocycles. The van der Waals surface area contributed by atoms with Crippen molar-refractivity contribution in [2.75, 3.05) is 12.4 Å². The van der Waals surface area contributed by atoms with Crippen LogP contribution in [0.15, 0.2) is 46.9 Å². The maximum absolute atomic E-state index is 12.1. The Morgan fingerprint density at radius 1 is 1.25 bits per heavy atom. The molecule has 0 aliphatic carbocycles. The highest BCUT2D eigenvalue weighted by Gasteiger charge is 2.08. The minimum atomic E-state index is -0.171.